The van der Waals surface area contributed by atoms with Crippen LogP contribution in [-0.2, 0) is 9.59 Å². The van der Waals surface area contributed by atoms with Gasteiger partial charge in [0, 0.05) is 18.2 Å². The molecule has 1 aliphatic heterocycles. The second-order valence-corrected chi connectivity index (χ2v) is 7.77. The molecular formula is C22H30FNO4. The van der Waals surface area contributed by atoms with Gasteiger partial charge in [-0.05, 0) is 67.2 Å². The Morgan fingerprint density at radius 1 is 1.11 bits per heavy atom. The van der Waals surface area contributed by atoms with E-state index in [4.69, 9.17) is 10.2 Å². The van der Waals surface area contributed by atoms with Crippen molar-refractivity contribution in [3.63, 3.8) is 0 Å². The van der Waals surface area contributed by atoms with Gasteiger partial charge in [-0.1, -0.05) is 32.4 Å². The molecule has 1 aromatic carbocycles. The zero-order chi connectivity index (χ0) is 20.7. The molecule has 1 heterocycles. The number of nitrogens with one attached hydrogen (secondary N) is 1. The van der Waals surface area contributed by atoms with Gasteiger partial charge in [0.25, 0.3) is 0 Å². The van der Waals surface area contributed by atoms with Crippen LogP contribution in [0, 0.1) is 23.6 Å². The highest BCUT2D eigenvalue weighted by molar-refractivity contribution is 5.89. The Labute approximate surface area is 165 Å². The van der Waals surface area contributed by atoms with Gasteiger partial charge >= 0.3 is 11.9 Å². The molecule has 28 heavy (non-hydrogen) atoms. The van der Waals surface area contributed by atoms with Crippen LogP contribution < -0.4 is 5.32 Å². The number of rotatable bonds is 5. The molecule has 1 aliphatic carbocycles. The maximum Gasteiger partial charge on any atom is 0.328 e. The van der Waals surface area contributed by atoms with Crippen LogP contribution in [0.25, 0.3) is 0 Å². The predicted octanol–water partition coefficient (Wildman–Crippen LogP) is 4.06. The molecule has 0 spiro atoms. The van der Waals surface area contributed by atoms with Gasteiger partial charge in [0.1, 0.15) is 5.82 Å². The predicted molar refractivity (Wildman–Crippen MR) is 106 cm³/mol. The van der Waals surface area contributed by atoms with E-state index < -0.39 is 11.9 Å². The zero-order valence-corrected chi connectivity index (χ0v) is 16.5. The molecule has 0 aromatic heterocycles. The molecule has 3 rings (SSSR count). The van der Waals surface area contributed by atoms with Crippen LogP contribution in [0.3, 0.4) is 0 Å². The molecule has 1 unspecified atom stereocenters. The highest BCUT2D eigenvalue weighted by Crippen LogP contribution is 2.48. The maximum absolute atomic E-state index is 13.2. The zero-order valence-electron chi connectivity index (χ0n) is 16.5. The molecule has 0 amide bonds. The second kappa shape index (κ2) is 10.4. The van der Waals surface area contributed by atoms with E-state index in [1.165, 1.54) is 31.2 Å². The average molecular weight is 391 g/mol. The summed E-state index contributed by atoms with van der Waals surface area (Å²) in [6, 6.07) is 7.97. The van der Waals surface area contributed by atoms with Crippen LogP contribution in [0.15, 0.2) is 36.4 Å². The normalized spacial score (nSPS) is 29.0. The van der Waals surface area contributed by atoms with Gasteiger partial charge in [-0.3, -0.25) is 0 Å². The van der Waals surface area contributed by atoms with Crippen molar-refractivity contribution in [3.8, 4) is 0 Å². The summed E-state index contributed by atoms with van der Waals surface area (Å²) in [7, 11) is 0. The molecule has 1 aromatic rings. The number of halogens is 1. The minimum atomic E-state index is -1.26. The number of hydrogen-bond donors (Lipinski definition) is 3. The van der Waals surface area contributed by atoms with E-state index >= 15 is 0 Å². The number of hydrogen-bond acceptors (Lipinski definition) is 3. The molecule has 1 saturated heterocycles. The van der Waals surface area contributed by atoms with Crippen LogP contribution in [0.4, 0.5) is 4.39 Å². The minimum absolute atomic E-state index is 0.123. The Bertz CT molecular complexity index is 672. The highest BCUT2D eigenvalue weighted by atomic mass is 19.1. The minimum Gasteiger partial charge on any atom is -0.478 e. The Kier molecular flexibility index (Phi) is 8.18. The first-order valence-corrected chi connectivity index (χ1v) is 9.96. The van der Waals surface area contributed by atoms with E-state index in [-0.39, 0.29) is 5.82 Å². The van der Waals surface area contributed by atoms with Crippen LogP contribution in [0.1, 0.15) is 51.0 Å². The van der Waals surface area contributed by atoms with Crippen molar-refractivity contribution in [1.82, 2.24) is 5.32 Å². The molecular weight excluding hydrogens is 361 g/mol. The van der Waals surface area contributed by atoms with Crippen LogP contribution >= 0.6 is 0 Å². The van der Waals surface area contributed by atoms with Gasteiger partial charge in [0.05, 0.1) is 0 Å². The summed E-state index contributed by atoms with van der Waals surface area (Å²) in [5, 5.41) is 19.4. The molecule has 1 saturated carbocycles. The first-order valence-electron chi connectivity index (χ1n) is 9.96. The fraction of sp³-hybridized carbons (Fsp3) is 0.545. The van der Waals surface area contributed by atoms with E-state index in [9.17, 15) is 14.0 Å². The molecule has 5 nitrogen and oxygen atoms in total. The number of carboxylic acid groups (broad SMARTS) is 2. The molecule has 6 heteroatoms. The van der Waals surface area contributed by atoms with Crippen molar-refractivity contribution in [1.29, 1.82) is 0 Å². The molecule has 154 valence electrons. The maximum atomic E-state index is 13.2. The highest BCUT2D eigenvalue weighted by Gasteiger charge is 2.44. The number of aliphatic carboxylic acids is 2. The first-order chi connectivity index (χ1) is 13.3. The van der Waals surface area contributed by atoms with Crippen molar-refractivity contribution in [2.24, 2.45) is 17.8 Å². The Hall–Kier alpha value is -2.21. The van der Waals surface area contributed by atoms with Crippen molar-refractivity contribution in [3.05, 3.63) is 47.8 Å². The summed E-state index contributed by atoms with van der Waals surface area (Å²) in [4.78, 5) is 19.1. The van der Waals surface area contributed by atoms with Gasteiger partial charge in [0.2, 0.25) is 0 Å². The monoisotopic (exact) mass is 391 g/mol. The van der Waals surface area contributed by atoms with E-state index in [0.717, 1.165) is 18.4 Å². The number of fused-ring (bicyclic) bond motifs is 1. The second-order valence-electron chi connectivity index (χ2n) is 7.77. The molecule has 2 fully saturated rings. The van der Waals surface area contributed by atoms with Gasteiger partial charge in [-0.15, -0.1) is 0 Å². The average Bonchev–Trinajstić information content (AvgIpc) is 3.05. The molecule has 0 radical (unpaired) electrons. The van der Waals surface area contributed by atoms with Gasteiger partial charge in [-0.25, -0.2) is 14.0 Å². The van der Waals surface area contributed by atoms with E-state index in [2.05, 4.69) is 19.2 Å². The van der Waals surface area contributed by atoms with Crippen LogP contribution in [-0.4, -0.2) is 34.7 Å². The summed E-state index contributed by atoms with van der Waals surface area (Å²) in [5.41, 5.74) is 1.34. The number of carbonyl (C=O) groups is 2. The Morgan fingerprint density at radius 2 is 1.71 bits per heavy atom. The summed E-state index contributed by atoms with van der Waals surface area (Å²) < 4.78 is 13.2. The number of benzene rings is 1. The van der Waals surface area contributed by atoms with Crippen molar-refractivity contribution in [2.75, 3.05) is 6.54 Å². The number of carboxylic acids is 2. The lowest BCUT2D eigenvalue weighted by molar-refractivity contribution is -0.134. The Morgan fingerprint density at radius 3 is 2.25 bits per heavy atom. The Balaban J connectivity index is 0.000000300. The van der Waals surface area contributed by atoms with Crippen molar-refractivity contribution in [2.45, 2.75) is 51.5 Å². The fourth-order valence-corrected chi connectivity index (χ4v) is 4.78. The third kappa shape index (κ3) is 5.89. The SMILES string of the molecule is CCCC1NC[C@H]2[C@H](c3ccc(F)cc3)[C@H](C)CC[C@H]12.O=C(O)/C=C/C(=O)O. The van der Waals surface area contributed by atoms with Gasteiger partial charge < -0.3 is 15.5 Å². The van der Waals surface area contributed by atoms with Gasteiger partial charge in [-0.2, -0.15) is 0 Å². The lowest BCUT2D eigenvalue weighted by atomic mass is 9.64. The standard InChI is InChI=1S/C18H26FN.C4H4O4/c1-3-4-17-15-10-5-12(2)18(16(15)11-20-17)13-6-8-14(19)9-7-13;5-3(6)1-2-4(7)8/h6-9,12,15-18,20H,3-5,10-11H2,1-2H3;1-2H,(H,5,6)(H,7,8)/b;2-1+/t12-,15+,16-,17?,18+;/m1./s1. The van der Waals surface area contributed by atoms with Gasteiger partial charge in [0.15, 0.2) is 0 Å². The van der Waals surface area contributed by atoms with Crippen LogP contribution in [0.5, 0.6) is 0 Å². The van der Waals surface area contributed by atoms with E-state index in [1.54, 1.807) is 12.1 Å². The van der Waals surface area contributed by atoms with Crippen molar-refractivity contribution >= 4 is 11.9 Å². The third-order valence-electron chi connectivity index (χ3n) is 5.94. The van der Waals surface area contributed by atoms with E-state index in [0.29, 0.717) is 30.0 Å². The summed E-state index contributed by atoms with van der Waals surface area (Å²) in [5.74, 6) is 0.233. The summed E-state index contributed by atoms with van der Waals surface area (Å²) in [6.07, 6.45) is 6.35. The molecule has 3 N–H and O–H groups in total. The van der Waals surface area contributed by atoms with Crippen LogP contribution in [0.2, 0.25) is 0 Å². The lowest BCUT2D eigenvalue weighted by Crippen LogP contribution is -2.34. The molecule has 0 bridgehead atoms. The molecule has 5 atom stereocenters. The summed E-state index contributed by atoms with van der Waals surface area (Å²) in [6.45, 7) is 5.79. The largest absolute Gasteiger partial charge is 0.478 e. The third-order valence-corrected chi connectivity index (χ3v) is 5.94. The smallest absolute Gasteiger partial charge is 0.328 e. The van der Waals surface area contributed by atoms with Crippen molar-refractivity contribution < 1.29 is 24.2 Å². The lowest BCUT2D eigenvalue weighted by Gasteiger charge is -2.40. The quantitative estimate of drug-likeness (QED) is 0.659. The first kappa shape index (κ1) is 22.1. The summed E-state index contributed by atoms with van der Waals surface area (Å²) >= 11 is 0. The molecule has 2 aliphatic rings. The fourth-order valence-electron chi connectivity index (χ4n) is 4.78. The van der Waals surface area contributed by atoms with E-state index in [1.807, 2.05) is 12.1 Å². The topological polar surface area (TPSA) is 86.6 Å².